The van der Waals surface area contributed by atoms with Gasteiger partial charge in [0.2, 0.25) is 16.7 Å². The third-order valence-electron chi connectivity index (χ3n) is 11.4. The van der Waals surface area contributed by atoms with Gasteiger partial charge in [-0.3, -0.25) is 4.99 Å². The molecular formula is C50H61N10+. The largest absolute Gasteiger partial charge is 0.399 e. The van der Waals surface area contributed by atoms with E-state index in [2.05, 4.69) is 120 Å². The van der Waals surface area contributed by atoms with E-state index in [1.54, 1.807) is 0 Å². The number of hydrogen-bond donors (Lipinski definition) is 7. The van der Waals surface area contributed by atoms with Gasteiger partial charge in [-0.15, -0.1) is 4.57 Å². The van der Waals surface area contributed by atoms with Crippen molar-refractivity contribution >= 4 is 73.3 Å². The van der Waals surface area contributed by atoms with Crippen LogP contribution in [0.2, 0.25) is 0 Å². The molecule has 9 N–H and O–H groups in total. The van der Waals surface area contributed by atoms with Crippen LogP contribution in [-0.2, 0) is 0 Å². The van der Waals surface area contributed by atoms with Crippen molar-refractivity contribution in [2.24, 2.45) is 4.99 Å². The molecule has 0 saturated carbocycles. The van der Waals surface area contributed by atoms with Crippen LogP contribution in [0.1, 0.15) is 68.6 Å². The van der Waals surface area contributed by atoms with Crippen LogP contribution in [0.25, 0.3) is 27.8 Å². The Morgan fingerprint density at radius 1 is 0.617 bits per heavy atom. The Hall–Kier alpha value is -6.55. The van der Waals surface area contributed by atoms with Gasteiger partial charge < -0.3 is 38.1 Å². The van der Waals surface area contributed by atoms with Crippen LogP contribution in [0, 0.1) is 20.8 Å². The highest BCUT2D eigenvalue weighted by molar-refractivity contribution is 6.01. The number of aliphatic imine (C=N–C) groups is 1. The maximum absolute atomic E-state index is 6.09. The smallest absolute Gasteiger partial charge is 0.239 e. The van der Waals surface area contributed by atoms with Crippen molar-refractivity contribution in [2.75, 3.05) is 59.9 Å². The lowest BCUT2D eigenvalue weighted by molar-refractivity contribution is -0.538. The van der Waals surface area contributed by atoms with E-state index in [1.807, 2.05) is 50.5 Å². The predicted molar refractivity (Wildman–Crippen MR) is 257 cm³/mol. The molecule has 10 nitrogen and oxygen atoms in total. The van der Waals surface area contributed by atoms with E-state index in [9.17, 15) is 0 Å². The number of nitrogen functional groups attached to an aromatic ring is 2. The lowest BCUT2D eigenvalue weighted by Gasteiger charge is -2.18. The van der Waals surface area contributed by atoms with Crippen molar-refractivity contribution in [3.63, 3.8) is 0 Å². The second-order valence-electron chi connectivity index (χ2n) is 16.0. The molecule has 0 spiro atoms. The minimum Gasteiger partial charge on any atom is -0.399 e. The molecule has 0 radical (unpaired) electrons. The average Bonchev–Trinajstić information content (AvgIpc) is 3.23. The molecule has 1 heterocycles. The lowest BCUT2D eigenvalue weighted by Crippen LogP contribution is -2.33. The van der Waals surface area contributed by atoms with Gasteiger partial charge in [-0.25, -0.2) is 4.98 Å². The Balaban J connectivity index is 0.879. The Morgan fingerprint density at radius 3 is 1.80 bits per heavy atom. The van der Waals surface area contributed by atoms with Crippen LogP contribution < -0.4 is 42.6 Å². The lowest BCUT2D eigenvalue weighted by atomic mass is 10.0. The fourth-order valence-corrected chi connectivity index (χ4v) is 8.00. The minimum absolute atomic E-state index is 0.740. The van der Waals surface area contributed by atoms with Crippen molar-refractivity contribution in [3.05, 3.63) is 125 Å². The molecule has 1 aliphatic carbocycles. The number of nitrogens with two attached hydrogens (primary N) is 2. The van der Waals surface area contributed by atoms with Crippen molar-refractivity contribution in [1.82, 2.24) is 10.3 Å². The molecule has 310 valence electrons. The highest BCUT2D eigenvalue weighted by Gasteiger charge is 2.22. The summed E-state index contributed by atoms with van der Waals surface area (Å²) in [5.41, 5.74) is 31.7. The Kier molecular flexibility index (Phi) is 13.2. The summed E-state index contributed by atoms with van der Waals surface area (Å²) in [6.45, 7) is 10.5. The SMILES string of the molecule is CNc1cc(Nc2ccc(N)cc2)c(N=C2C=C(C)C(NCCCCCCCCNc3cc4c(cc3C)nc3cc(C)c(NC)cc3[n+]4-c3ccc(N)cc3)=CC2)cc1C. The number of anilines is 7. The molecule has 6 aromatic rings. The zero-order valence-corrected chi connectivity index (χ0v) is 36.1. The Morgan fingerprint density at radius 2 is 1.17 bits per heavy atom. The van der Waals surface area contributed by atoms with Gasteiger partial charge in [-0.1, -0.05) is 31.8 Å². The minimum atomic E-state index is 0.740. The average molecular weight is 802 g/mol. The highest BCUT2D eigenvalue weighted by Crippen LogP contribution is 2.35. The van der Waals surface area contributed by atoms with Crippen LogP contribution in [0.3, 0.4) is 0 Å². The van der Waals surface area contributed by atoms with Gasteiger partial charge in [0.05, 0.1) is 11.4 Å². The topological polar surface area (TPSA) is 141 Å². The van der Waals surface area contributed by atoms with Crippen LogP contribution in [0.4, 0.5) is 45.5 Å². The van der Waals surface area contributed by atoms with Gasteiger partial charge in [0.1, 0.15) is 11.0 Å². The molecule has 0 aliphatic heterocycles. The zero-order valence-electron chi connectivity index (χ0n) is 36.1. The second-order valence-corrected chi connectivity index (χ2v) is 16.0. The van der Waals surface area contributed by atoms with E-state index >= 15 is 0 Å². The number of unbranched alkanes of at least 4 members (excludes halogenated alkanes) is 5. The van der Waals surface area contributed by atoms with Crippen molar-refractivity contribution < 1.29 is 4.57 Å². The zero-order chi connectivity index (χ0) is 42.2. The first-order valence-corrected chi connectivity index (χ1v) is 21.3. The van der Waals surface area contributed by atoms with Gasteiger partial charge in [0.25, 0.3) is 0 Å². The summed E-state index contributed by atoms with van der Waals surface area (Å²) in [7, 11) is 3.91. The summed E-state index contributed by atoms with van der Waals surface area (Å²) in [6, 6.07) is 28.9. The molecule has 0 saturated heterocycles. The number of nitrogens with zero attached hydrogens (tertiary/aromatic N) is 3. The van der Waals surface area contributed by atoms with E-state index in [0.717, 1.165) is 117 Å². The number of hydrogen-bond acceptors (Lipinski definition) is 9. The molecular weight excluding hydrogens is 741 g/mol. The maximum atomic E-state index is 6.09. The van der Waals surface area contributed by atoms with E-state index in [1.165, 1.54) is 48.1 Å². The fourth-order valence-electron chi connectivity index (χ4n) is 8.00. The molecule has 60 heavy (non-hydrogen) atoms. The molecule has 0 unspecified atom stereocenters. The van der Waals surface area contributed by atoms with Gasteiger partial charge in [0.15, 0.2) is 0 Å². The van der Waals surface area contributed by atoms with Crippen molar-refractivity contribution in [2.45, 2.75) is 72.6 Å². The summed E-state index contributed by atoms with van der Waals surface area (Å²) in [5.74, 6) is 0. The van der Waals surface area contributed by atoms with Crippen LogP contribution in [-0.4, -0.2) is 37.9 Å². The Bertz CT molecular complexity index is 2570. The predicted octanol–water partition coefficient (Wildman–Crippen LogP) is 10.9. The summed E-state index contributed by atoms with van der Waals surface area (Å²) in [4.78, 5) is 10.2. The quantitative estimate of drug-likeness (QED) is 0.0209. The van der Waals surface area contributed by atoms with Gasteiger partial charge in [-0.05, 0) is 130 Å². The maximum Gasteiger partial charge on any atom is 0.239 e. The first-order valence-electron chi connectivity index (χ1n) is 21.3. The van der Waals surface area contributed by atoms with Crippen LogP contribution >= 0.6 is 0 Å². The van der Waals surface area contributed by atoms with E-state index < -0.39 is 0 Å². The number of aryl methyl sites for hydroxylation is 3. The number of allylic oxidation sites excluding steroid dienone is 3. The summed E-state index contributed by atoms with van der Waals surface area (Å²) in [6.07, 6.45) is 12.5. The molecule has 0 atom stereocenters. The van der Waals surface area contributed by atoms with Crippen LogP contribution in [0.5, 0.6) is 0 Å². The summed E-state index contributed by atoms with van der Waals surface area (Å²) < 4.78 is 2.30. The summed E-state index contributed by atoms with van der Waals surface area (Å²) in [5, 5.41) is 17.6. The van der Waals surface area contributed by atoms with Crippen molar-refractivity contribution in [1.29, 1.82) is 0 Å². The molecule has 0 bridgehead atoms. The molecule has 10 heteroatoms. The van der Waals surface area contributed by atoms with Crippen LogP contribution in [0.15, 0.2) is 113 Å². The van der Waals surface area contributed by atoms with E-state index in [0.29, 0.717) is 0 Å². The Labute approximate surface area is 355 Å². The highest BCUT2D eigenvalue weighted by atomic mass is 15.0. The van der Waals surface area contributed by atoms with E-state index in [4.69, 9.17) is 21.4 Å². The number of fused-ring (bicyclic) bond motifs is 2. The van der Waals surface area contributed by atoms with Gasteiger partial charge in [0, 0.05) is 103 Å². The molecule has 0 fully saturated rings. The number of aromatic nitrogens is 2. The first-order chi connectivity index (χ1) is 29.1. The molecule has 7 rings (SSSR count). The number of nitrogens with one attached hydrogen (secondary N) is 5. The van der Waals surface area contributed by atoms with Gasteiger partial charge in [-0.2, -0.15) is 0 Å². The summed E-state index contributed by atoms with van der Waals surface area (Å²) >= 11 is 0. The fraction of sp³-hybridized carbons (Fsp3) is 0.300. The standard InChI is InChI=1S/C50H60N10/c1-32-25-39(58-45-26-33(2)42(53-5)29-46(45)57-38-17-13-36(51)14-18-38)19-22-41(32)55-23-11-9-7-8-10-12-24-56-44-31-50-48(28-35(44)4)59-47-27-34(3)43(54-6)30-49(47)60(50)40-20-15-37(52)16-21-40/h13-18,20-22,25-31,53,55H,7-12,19,23-24,52H2,1-6H3,(H4,51,54,56,57,59)/p+1. The molecule has 0 amide bonds. The number of rotatable bonds is 17. The van der Waals surface area contributed by atoms with Crippen molar-refractivity contribution in [3.8, 4) is 5.69 Å². The van der Waals surface area contributed by atoms with E-state index in [-0.39, 0.29) is 0 Å². The third kappa shape index (κ3) is 9.82. The number of benzene rings is 5. The molecule has 1 aromatic heterocycles. The first kappa shape index (κ1) is 41.6. The third-order valence-corrected chi connectivity index (χ3v) is 11.4. The molecule has 5 aromatic carbocycles. The van der Waals surface area contributed by atoms with Gasteiger partial charge >= 0.3 is 0 Å². The normalized spacial score (nSPS) is 13.3. The monoisotopic (exact) mass is 802 g/mol. The molecule has 1 aliphatic rings. The second kappa shape index (κ2) is 19.0.